The van der Waals surface area contributed by atoms with Gasteiger partial charge in [-0.25, -0.2) is 4.98 Å². The molecule has 7 heteroatoms. The van der Waals surface area contributed by atoms with Crippen LogP contribution in [0.2, 0.25) is 0 Å². The van der Waals surface area contributed by atoms with Gasteiger partial charge in [0.2, 0.25) is 0 Å². The zero-order valence-corrected chi connectivity index (χ0v) is 22.4. The number of hydrogen-bond acceptors (Lipinski definition) is 7. The molecule has 1 atom stereocenters. The molecule has 0 amide bonds. The largest absolute Gasteiger partial charge is 0.381 e. The molecule has 1 aliphatic carbocycles. The van der Waals surface area contributed by atoms with Gasteiger partial charge < -0.3 is 14.5 Å². The molecule has 3 aliphatic heterocycles. The molecule has 198 valence electrons. The third-order valence-corrected chi connectivity index (χ3v) is 8.27. The highest BCUT2D eigenvalue weighted by atomic mass is 16.5. The number of piperazine rings is 1. The van der Waals surface area contributed by atoms with Crippen LogP contribution < -0.4 is 4.90 Å². The molecule has 2 saturated heterocycles. The maximum atomic E-state index is 5.51. The molecular formula is C31H38N6O. The van der Waals surface area contributed by atoms with Gasteiger partial charge in [-0.1, -0.05) is 54.6 Å². The van der Waals surface area contributed by atoms with Crippen molar-refractivity contribution >= 4 is 17.4 Å². The number of benzene rings is 1. The van der Waals surface area contributed by atoms with E-state index in [4.69, 9.17) is 19.9 Å². The molecule has 7 nitrogen and oxygen atoms in total. The summed E-state index contributed by atoms with van der Waals surface area (Å²) in [4.78, 5) is 12.1. The van der Waals surface area contributed by atoms with Gasteiger partial charge in [-0.2, -0.15) is 5.10 Å². The molecule has 0 radical (unpaired) electrons. The Kier molecular flexibility index (Phi) is 7.65. The zero-order chi connectivity index (χ0) is 25.7. The Labute approximate surface area is 226 Å². The topological polar surface area (TPSA) is 56.6 Å². The number of pyridine rings is 1. The van der Waals surface area contributed by atoms with Crippen molar-refractivity contribution in [2.24, 2.45) is 16.1 Å². The van der Waals surface area contributed by atoms with Gasteiger partial charge in [0, 0.05) is 70.5 Å². The van der Waals surface area contributed by atoms with E-state index < -0.39 is 0 Å². The first-order valence-electron chi connectivity index (χ1n) is 14.0. The van der Waals surface area contributed by atoms with E-state index in [9.17, 15) is 0 Å². The molecule has 4 heterocycles. The van der Waals surface area contributed by atoms with E-state index in [0.717, 1.165) is 89.0 Å². The fraction of sp³-hybridized carbons (Fsp3) is 0.452. The molecule has 38 heavy (non-hydrogen) atoms. The van der Waals surface area contributed by atoms with Gasteiger partial charge in [-0.05, 0) is 49.1 Å². The van der Waals surface area contributed by atoms with Crippen molar-refractivity contribution in [3.63, 3.8) is 0 Å². The molecule has 1 unspecified atom stereocenters. The molecular weight excluding hydrogens is 472 g/mol. The van der Waals surface area contributed by atoms with E-state index in [0.29, 0.717) is 12.0 Å². The summed E-state index contributed by atoms with van der Waals surface area (Å²) in [5.41, 5.74) is 4.97. The van der Waals surface area contributed by atoms with E-state index in [1.165, 1.54) is 16.7 Å². The molecule has 1 aromatic heterocycles. The van der Waals surface area contributed by atoms with Crippen molar-refractivity contribution in [1.29, 1.82) is 0 Å². The Morgan fingerprint density at radius 1 is 0.921 bits per heavy atom. The average molecular weight is 511 g/mol. The maximum Gasteiger partial charge on any atom is 0.135 e. The molecule has 4 aliphatic rings. The van der Waals surface area contributed by atoms with Crippen LogP contribution in [0.4, 0.5) is 5.82 Å². The summed E-state index contributed by atoms with van der Waals surface area (Å²) in [6.45, 7) is 6.44. The smallest absolute Gasteiger partial charge is 0.135 e. The molecule has 1 aromatic carbocycles. The quantitative estimate of drug-likeness (QED) is 0.579. The predicted molar refractivity (Wildman–Crippen MR) is 154 cm³/mol. The van der Waals surface area contributed by atoms with E-state index in [1.54, 1.807) is 0 Å². The predicted octanol–water partition coefficient (Wildman–Crippen LogP) is 4.33. The summed E-state index contributed by atoms with van der Waals surface area (Å²) >= 11 is 0. The number of allylic oxidation sites excluding steroid dienone is 3. The van der Waals surface area contributed by atoms with Crippen LogP contribution in [0.3, 0.4) is 0 Å². The standard InChI is InChI=1S/C31H38N6O/c1-35(26-13-19-38-20-14-26)23-25-11-12-30(32-22-25)36-15-17-37(18-16-36)31-28-10-6-5-9-27(28)29(33-34-31)21-24-7-3-2-4-8-24/h2-9,11-12,22,26,28H,10,13-21,23H2,1H3. The normalized spacial score (nSPS) is 22.2. The maximum absolute atomic E-state index is 5.51. The van der Waals surface area contributed by atoms with Crippen molar-refractivity contribution in [3.8, 4) is 0 Å². The van der Waals surface area contributed by atoms with E-state index >= 15 is 0 Å². The summed E-state index contributed by atoms with van der Waals surface area (Å²) in [7, 11) is 2.22. The average Bonchev–Trinajstić information content (AvgIpc) is 2.99. The van der Waals surface area contributed by atoms with Crippen LogP contribution in [0.25, 0.3) is 0 Å². The van der Waals surface area contributed by atoms with Gasteiger partial charge >= 0.3 is 0 Å². The molecule has 2 fully saturated rings. The van der Waals surface area contributed by atoms with Gasteiger partial charge in [-0.3, -0.25) is 4.90 Å². The third kappa shape index (κ3) is 5.59. The number of rotatable bonds is 6. The highest BCUT2D eigenvalue weighted by molar-refractivity contribution is 6.09. The van der Waals surface area contributed by atoms with Crippen LogP contribution in [0, 0.1) is 5.92 Å². The van der Waals surface area contributed by atoms with Gasteiger partial charge in [0.05, 0.1) is 5.71 Å². The number of aromatic nitrogens is 1. The Balaban J connectivity index is 1.07. The Morgan fingerprint density at radius 2 is 1.71 bits per heavy atom. The summed E-state index contributed by atoms with van der Waals surface area (Å²) in [5, 5.41) is 9.53. The van der Waals surface area contributed by atoms with Crippen molar-refractivity contribution < 1.29 is 4.74 Å². The first-order chi connectivity index (χ1) is 18.7. The second-order valence-electron chi connectivity index (χ2n) is 10.8. The lowest BCUT2D eigenvalue weighted by molar-refractivity contribution is 0.0406. The van der Waals surface area contributed by atoms with Gasteiger partial charge in [0.1, 0.15) is 11.7 Å². The molecule has 0 spiro atoms. The van der Waals surface area contributed by atoms with Gasteiger partial charge in [0.25, 0.3) is 0 Å². The number of amidine groups is 1. The van der Waals surface area contributed by atoms with Crippen LogP contribution >= 0.6 is 0 Å². The fourth-order valence-corrected chi connectivity index (χ4v) is 6.03. The summed E-state index contributed by atoms with van der Waals surface area (Å²) < 4.78 is 5.51. The van der Waals surface area contributed by atoms with Crippen molar-refractivity contribution in [1.82, 2.24) is 14.8 Å². The van der Waals surface area contributed by atoms with Crippen LogP contribution in [-0.4, -0.2) is 78.8 Å². The molecule has 2 aromatic rings. The summed E-state index contributed by atoms with van der Waals surface area (Å²) in [6.07, 6.45) is 12.8. The minimum atomic E-state index is 0.299. The minimum Gasteiger partial charge on any atom is -0.381 e. The Bertz CT molecular complexity index is 1200. The number of fused-ring (bicyclic) bond motifs is 1. The van der Waals surface area contributed by atoms with Crippen LogP contribution in [-0.2, 0) is 17.7 Å². The van der Waals surface area contributed by atoms with Gasteiger partial charge in [-0.15, -0.1) is 5.10 Å². The SMILES string of the molecule is CN(Cc1ccc(N2CCN(C3=NN=C(Cc4ccccc4)C4=CC=CCC43)CC2)nc1)C1CCOCC1. The summed E-state index contributed by atoms with van der Waals surface area (Å²) in [5.74, 6) is 2.49. The first kappa shape index (κ1) is 25.0. The first-order valence-corrected chi connectivity index (χ1v) is 14.0. The van der Waals surface area contributed by atoms with Crippen LogP contribution in [0.5, 0.6) is 0 Å². The molecule has 0 N–H and O–H groups in total. The van der Waals surface area contributed by atoms with Crippen LogP contribution in [0.1, 0.15) is 30.4 Å². The van der Waals surface area contributed by atoms with Crippen molar-refractivity contribution in [3.05, 3.63) is 83.6 Å². The third-order valence-electron chi connectivity index (χ3n) is 8.27. The number of ether oxygens (including phenoxy) is 1. The van der Waals surface area contributed by atoms with E-state index in [2.05, 4.69) is 88.6 Å². The Morgan fingerprint density at radius 3 is 2.47 bits per heavy atom. The lowest BCUT2D eigenvalue weighted by Gasteiger charge is -2.40. The molecule has 0 bridgehead atoms. The fourth-order valence-electron chi connectivity index (χ4n) is 6.03. The summed E-state index contributed by atoms with van der Waals surface area (Å²) in [6, 6.07) is 15.6. The highest BCUT2D eigenvalue weighted by Crippen LogP contribution is 2.30. The highest BCUT2D eigenvalue weighted by Gasteiger charge is 2.33. The second kappa shape index (κ2) is 11.6. The Hall–Kier alpha value is -3.29. The minimum absolute atomic E-state index is 0.299. The van der Waals surface area contributed by atoms with E-state index in [-0.39, 0.29) is 0 Å². The molecule has 0 saturated carbocycles. The van der Waals surface area contributed by atoms with Crippen molar-refractivity contribution in [2.45, 2.75) is 38.3 Å². The van der Waals surface area contributed by atoms with E-state index in [1.807, 2.05) is 0 Å². The molecule has 6 rings (SSSR count). The monoisotopic (exact) mass is 510 g/mol. The van der Waals surface area contributed by atoms with Crippen LogP contribution in [0.15, 0.2) is 82.7 Å². The number of nitrogens with zero attached hydrogens (tertiary/aromatic N) is 6. The van der Waals surface area contributed by atoms with Gasteiger partial charge in [0.15, 0.2) is 0 Å². The number of anilines is 1. The lowest BCUT2D eigenvalue weighted by Crippen LogP contribution is -2.51. The lowest BCUT2D eigenvalue weighted by atomic mass is 9.84. The van der Waals surface area contributed by atoms with Crippen molar-refractivity contribution in [2.75, 3.05) is 51.3 Å². The second-order valence-corrected chi connectivity index (χ2v) is 10.8. The number of hydrogen-bond donors (Lipinski definition) is 0. The zero-order valence-electron chi connectivity index (χ0n) is 22.4.